The van der Waals surface area contributed by atoms with Gasteiger partial charge >= 0.3 is 0 Å². The molecular weight excluding hydrogens is 464 g/mol. The van der Waals surface area contributed by atoms with Gasteiger partial charge in [0.15, 0.2) is 5.13 Å². The molecule has 182 valence electrons. The molecule has 0 bridgehead atoms. The van der Waals surface area contributed by atoms with Crippen LogP contribution < -0.4 is 9.80 Å². The van der Waals surface area contributed by atoms with E-state index in [9.17, 15) is 14.4 Å². The minimum absolute atomic E-state index is 0.155. The predicted octanol–water partition coefficient (Wildman–Crippen LogP) is 3.55. The fourth-order valence-corrected chi connectivity index (χ4v) is 5.76. The lowest BCUT2D eigenvalue weighted by Crippen LogP contribution is -2.43. The fourth-order valence-electron chi connectivity index (χ4n) is 4.60. The van der Waals surface area contributed by atoms with Gasteiger partial charge in [-0.15, -0.1) is 0 Å². The van der Waals surface area contributed by atoms with Crippen molar-refractivity contribution in [2.75, 3.05) is 49.2 Å². The molecule has 2 saturated heterocycles. The highest BCUT2D eigenvalue weighted by atomic mass is 32.1. The molecule has 1 aromatic heterocycles. The summed E-state index contributed by atoms with van der Waals surface area (Å²) in [5, 5.41) is 0.668. The number of aromatic nitrogens is 1. The van der Waals surface area contributed by atoms with Crippen LogP contribution >= 0.6 is 11.3 Å². The molecule has 2 aliphatic heterocycles. The quantitative estimate of drug-likeness (QED) is 0.490. The number of hydrogen-bond donors (Lipinski definition) is 0. The van der Waals surface area contributed by atoms with Crippen molar-refractivity contribution in [3.05, 3.63) is 53.1 Å². The third kappa shape index (κ3) is 4.84. The van der Waals surface area contributed by atoms with Crippen molar-refractivity contribution in [1.82, 2.24) is 9.88 Å². The highest BCUT2D eigenvalue weighted by Gasteiger charge is 2.30. The Morgan fingerprint density at radius 3 is 2.43 bits per heavy atom. The van der Waals surface area contributed by atoms with Crippen molar-refractivity contribution in [3.8, 4) is 0 Å². The highest BCUT2D eigenvalue weighted by Crippen LogP contribution is 2.33. The first kappa shape index (κ1) is 23.6. The molecule has 0 spiro atoms. The van der Waals surface area contributed by atoms with Crippen molar-refractivity contribution in [2.45, 2.75) is 26.7 Å². The molecule has 0 unspecified atom stereocenters. The number of thiazole rings is 1. The zero-order chi connectivity index (χ0) is 24.5. The van der Waals surface area contributed by atoms with Crippen molar-refractivity contribution < 1.29 is 19.1 Å². The van der Waals surface area contributed by atoms with Crippen LogP contribution in [0.1, 0.15) is 34.3 Å². The van der Waals surface area contributed by atoms with Crippen LogP contribution in [0.3, 0.4) is 0 Å². The number of carbonyl (C=O) groups is 3. The van der Waals surface area contributed by atoms with Crippen molar-refractivity contribution >= 4 is 50.1 Å². The van der Waals surface area contributed by atoms with Gasteiger partial charge in [-0.25, -0.2) is 4.98 Å². The van der Waals surface area contributed by atoms with E-state index in [1.54, 1.807) is 29.2 Å². The van der Waals surface area contributed by atoms with E-state index in [1.807, 2.05) is 6.92 Å². The average molecular weight is 493 g/mol. The number of anilines is 2. The molecule has 8 nitrogen and oxygen atoms in total. The molecule has 35 heavy (non-hydrogen) atoms. The monoisotopic (exact) mass is 492 g/mol. The SMILES string of the molecule is Cc1cc(C)c2nc(N(CCN3CCOCC3)C(=O)c3ccc(N4C(=O)CCC4=O)cc3)sc2c1. The first-order chi connectivity index (χ1) is 16.9. The minimum Gasteiger partial charge on any atom is -0.379 e. The number of carbonyl (C=O) groups excluding carboxylic acids is 3. The summed E-state index contributed by atoms with van der Waals surface area (Å²) in [7, 11) is 0. The lowest BCUT2D eigenvalue weighted by Gasteiger charge is -2.29. The molecule has 3 aromatic rings. The van der Waals surface area contributed by atoms with E-state index in [2.05, 4.69) is 24.0 Å². The molecule has 0 radical (unpaired) electrons. The molecule has 5 rings (SSSR count). The number of rotatable bonds is 6. The van der Waals surface area contributed by atoms with Gasteiger partial charge in [0.2, 0.25) is 11.8 Å². The maximum atomic E-state index is 13.7. The first-order valence-corrected chi connectivity index (χ1v) is 12.7. The zero-order valence-corrected chi connectivity index (χ0v) is 20.8. The van der Waals surface area contributed by atoms with Crippen LogP contribution in [0.5, 0.6) is 0 Å². The van der Waals surface area contributed by atoms with Gasteiger partial charge in [-0.05, 0) is 55.3 Å². The van der Waals surface area contributed by atoms with Gasteiger partial charge in [0.1, 0.15) is 0 Å². The van der Waals surface area contributed by atoms with Crippen LogP contribution in [0.4, 0.5) is 10.8 Å². The fraction of sp³-hybridized carbons (Fsp3) is 0.385. The zero-order valence-electron chi connectivity index (χ0n) is 20.0. The summed E-state index contributed by atoms with van der Waals surface area (Å²) in [6.45, 7) is 8.40. The van der Waals surface area contributed by atoms with Gasteiger partial charge in [-0.1, -0.05) is 17.4 Å². The van der Waals surface area contributed by atoms with Gasteiger partial charge in [0.25, 0.3) is 5.91 Å². The van der Waals surface area contributed by atoms with Gasteiger partial charge in [0.05, 0.1) is 29.1 Å². The Kier molecular flexibility index (Phi) is 6.64. The molecule has 3 amide bonds. The van der Waals surface area contributed by atoms with Gasteiger partial charge in [-0.2, -0.15) is 0 Å². The third-order valence-corrected chi connectivity index (χ3v) is 7.49. The van der Waals surface area contributed by atoms with Crippen molar-refractivity contribution in [3.63, 3.8) is 0 Å². The molecule has 2 aromatic carbocycles. The number of ether oxygens (including phenoxy) is 1. The molecule has 0 saturated carbocycles. The lowest BCUT2D eigenvalue weighted by atomic mass is 10.1. The maximum absolute atomic E-state index is 13.7. The molecular formula is C26H28N4O4S. The van der Waals surface area contributed by atoms with Crippen LogP contribution in [0.25, 0.3) is 10.2 Å². The number of fused-ring (bicyclic) bond motifs is 1. The number of aryl methyl sites for hydroxylation is 2. The second-order valence-corrected chi connectivity index (χ2v) is 10.0. The van der Waals surface area contributed by atoms with Gasteiger partial charge < -0.3 is 4.74 Å². The Hall–Kier alpha value is -3.14. The third-order valence-electron chi connectivity index (χ3n) is 6.46. The van der Waals surface area contributed by atoms with E-state index < -0.39 is 0 Å². The summed E-state index contributed by atoms with van der Waals surface area (Å²) >= 11 is 1.52. The number of hydrogen-bond acceptors (Lipinski definition) is 7. The molecule has 0 N–H and O–H groups in total. The molecule has 0 atom stereocenters. The molecule has 9 heteroatoms. The first-order valence-electron chi connectivity index (χ1n) is 11.9. The number of morpholine rings is 1. The van der Waals surface area contributed by atoms with E-state index in [1.165, 1.54) is 16.2 Å². The highest BCUT2D eigenvalue weighted by molar-refractivity contribution is 7.22. The molecule has 2 aliphatic rings. The molecule has 2 fully saturated rings. The largest absolute Gasteiger partial charge is 0.379 e. The Balaban J connectivity index is 1.44. The summed E-state index contributed by atoms with van der Waals surface area (Å²) in [6.07, 6.45) is 0.455. The second-order valence-electron chi connectivity index (χ2n) is 9.01. The Morgan fingerprint density at radius 1 is 1.06 bits per heavy atom. The summed E-state index contributed by atoms with van der Waals surface area (Å²) in [6, 6.07) is 10.9. The topological polar surface area (TPSA) is 83.1 Å². The van der Waals surface area contributed by atoms with E-state index in [-0.39, 0.29) is 30.6 Å². The van der Waals surface area contributed by atoms with E-state index in [4.69, 9.17) is 9.72 Å². The predicted molar refractivity (Wildman–Crippen MR) is 136 cm³/mol. The van der Waals surface area contributed by atoms with Gasteiger partial charge in [0, 0.05) is 44.6 Å². The summed E-state index contributed by atoms with van der Waals surface area (Å²) in [5.41, 5.74) is 4.16. The Labute approximate surface area is 208 Å². The van der Waals surface area contributed by atoms with E-state index in [0.29, 0.717) is 36.1 Å². The number of imide groups is 1. The van der Waals surface area contributed by atoms with Crippen LogP contribution in [0, 0.1) is 13.8 Å². The Morgan fingerprint density at radius 2 is 1.74 bits per heavy atom. The van der Waals surface area contributed by atoms with Crippen LogP contribution in [0.15, 0.2) is 36.4 Å². The Bertz CT molecular complexity index is 1260. The van der Waals surface area contributed by atoms with Crippen LogP contribution in [0.2, 0.25) is 0 Å². The minimum atomic E-state index is -0.207. The number of amides is 3. The van der Waals surface area contributed by atoms with E-state index >= 15 is 0 Å². The summed E-state index contributed by atoms with van der Waals surface area (Å²) < 4.78 is 6.51. The van der Waals surface area contributed by atoms with Crippen molar-refractivity contribution in [2.24, 2.45) is 0 Å². The normalized spacial score (nSPS) is 16.9. The average Bonchev–Trinajstić information content (AvgIpc) is 3.42. The molecule has 0 aliphatic carbocycles. The summed E-state index contributed by atoms with van der Waals surface area (Å²) in [5.74, 6) is -0.569. The van der Waals surface area contributed by atoms with E-state index in [0.717, 1.165) is 41.0 Å². The van der Waals surface area contributed by atoms with Crippen molar-refractivity contribution in [1.29, 1.82) is 0 Å². The second kappa shape index (κ2) is 9.85. The van der Waals surface area contributed by atoms with Gasteiger partial charge in [-0.3, -0.25) is 29.1 Å². The number of nitrogens with zero attached hydrogens (tertiary/aromatic N) is 4. The molecule has 3 heterocycles. The van der Waals surface area contributed by atoms with Crippen LogP contribution in [-0.4, -0.2) is 67.0 Å². The maximum Gasteiger partial charge on any atom is 0.260 e. The number of benzene rings is 2. The smallest absolute Gasteiger partial charge is 0.260 e. The summed E-state index contributed by atoms with van der Waals surface area (Å²) in [4.78, 5) is 48.0. The van der Waals surface area contributed by atoms with Crippen LogP contribution in [-0.2, 0) is 14.3 Å². The standard InChI is InChI=1S/C26H28N4O4S/c1-17-15-18(2)24-21(16-17)35-26(27-24)29(10-9-28-11-13-34-14-12-28)25(33)19-3-5-20(6-4-19)30-22(31)7-8-23(30)32/h3-6,15-16H,7-14H2,1-2H3. The lowest BCUT2D eigenvalue weighted by molar-refractivity contribution is -0.121.